The third-order valence-corrected chi connectivity index (χ3v) is 4.64. The second kappa shape index (κ2) is 5.55. The number of carbonyl (C=O) groups excluding carboxylic acids is 1. The molecule has 2 heterocycles. The Morgan fingerprint density at radius 1 is 1.38 bits per heavy atom. The molecule has 1 aromatic rings. The first-order valence-corrected chi connectivity index (χ1v) is 7.14. The van der Waals surface area contributed by atoms with Crippen LogP contribution in [-0.2, 0) is 4.74 Å². The fourth-order valence-electron chi connectivity index (χ4n) is 3.34. The number of Topliss-reactive ketones (excluding diaryl/α,β-unsaturated/α-hetero) is 1. The number of fused-ring (bicyclic) bond motifs is 2. The third-order valence-electron chi connectivity index (χ3n) is 4.64. The molecule has 1 aromatic carbocycles. The predicted octanol–water partition coefficient (Wildman–Crippen LogP) is 1.99. The van der Waals surface area contributed by atoms with Gasteiger partial charge >= 0.3 is 0 Å². The molecule has 0 aliphatic carbocycles. The Kier molecular flexibility index (Phi) is 3.75. The van der Waals surface area contributed by atoms with Crippen LogP contribution in [0.4, 0.5) is 4.39 Å². The van der Waals surface area contributed by atoms with E-state index in [4.69, 9.17) is 10.00 Å². The number of benzene rings is 1. The Morgan fingerprint density at radius 2 is 2.05 bits per heavy atom. The van der Waals surface area contributed by atoms with E-state index in [9.17, 15) is 9.18 Å². The van der Waals surface area contributed by atoms with Crippen molar-refractivity contribution in [3.8, 4) is 6.07 Å². The van der Waals surface area contributed by atoms with Gasteiger partial charge in [0.2, 0.25) is 0 Å². The SMILES string of the molecule is CN1C2COCC1CC(C(=O)c1cccc(C#N)c1F)C2. The lowest BCUT2D eigenvalue weighted by Gasteiger charge is -2.46. The van der Waals surface area contributed by atoms with E-state index in [0.717, 1.165) is 0 Å². The van der Waals surface area contributed by atoms with Crippen molar-refractivity contribution >= 4 is 5.78 Å². The van der Waals surface area contributed by atoms with Crippen LogP contribution < -0.4 is 0 Å². The van der Waals surface area contributed by atoms with Crippen LogP contribution in [0.25, 0.3) is 0 Å². The van der Waals surface area contributed by atoms with E-state index in [-0.39, 0.29) is 34.9 Å². The van der Waals surface area contributed by atoms with Crippen molar-refractivity contribution in [2.45, 2.75) is 24.9 Å². The van der Waals surface area contributed by atoms with Gasteiger partial charge in [-0.1, -0.05) is 6.07 Å². The smallest absolute Gasteiger partial charge is 0.169 e. The average molecular weight is 288 g/mol. The van der Waals surface area contributed by atoms with Crippen LogP contribution in [0.3, 0.4) is 0 Å². The predicted molar refractivity (Wildman–Crippen MR) is 74.3 cm³/mol. The number of halogens is 1. The highest BCUT2D eigenvalue weighted by molar-refractivity contribution is 5.98. The molecule has 2 aliphatic heterocycles. The van der Waals surface area contributed by atoms with Gasteiger partial charge < -0.3 is 4.74 Å². The summed E-state index contributed by atoms with van der Waals surface area (Å²) in [5, 5.41) is 8.88. The first-order valence-electron chi connectivity index (χ1n) is 7.14. The normalized spacial score (nSPS) is 28.9. The molecule has 2 unspecified atom stereocenters. The molecule has 0 spiro atoms. The zero-order valence-electron chi connectivity index (χ0n) is 11.9. The van der Waals surface area contributed by atoms with Gasteiger partial charge in [-0.2, -0.15) is 5.26 Å². The summed E-state index contributed by atoms with van der Waals surface area (Å²) < 4.78 is 19.7. The van der Waals surface area contributed by atoms with E-state index in [1.54, 1.807) is 12.1 Å². The van der Waals surface area contributed by atoms with Gasteiger partial charge in [0.15, 0.2) is 11.6 Å². The maximum atomic E-state index is 14.2. The van der Waals surface area contributed by atoms with Crippen LogP contribution in [0.15, 0.2) is 18.2 Å². The quantitative estimate of drug-likeness (QED) is 0.781. The third kappa shape index (κ3) is 2.45. The zero-order chi connectivity index (χ0) is 15.0. The molecule has 0 aromatic heterocycles. The molecule has 2 aliphatic rings. The maximum Gasteiger partial charge on any atom is 0.169 e. The molecule has 5 heteroatoms. The van der Waals surface area contributed by atoms with Gasteiger partial charge in [-0.3, -0.25) is 9.69 Å². The van der Waals surface area contributed by atoms with Crippen molar-refractivity contribution in [1.82, 2.24) is 4.90 Å². The molecule has 21 heavy (non-hydrogen) atoms. The van der Waals surface area contributed by atoms with Gasteiger partial charge in [0.25, 0.3) is 0 Å². The Morgan fingerprint density at radius 3 is 2.67 bits per heavy atom. The van der Waals surface area contributed by atoms with E-state index in [1.165, 1.54) is 12.1 Å². The lowest BCUT2D eigenvalue weighted by Crippen LogP contribution is -2.55. The van der Waals surface area contributed by atoms with Crippen molar-refractivity contribution in [1.29, 1.82) is 5.26 Å². The Balaban J connectivity index is 1.85. The molecule has 2 atom stereocenters. The monoisotopic (exact) mass is 288 g/mol. The van der Waals surface area contributed by atoms with E-state index in [2.05, 4.69) is 11.9 Å². The summed E-state index contributed by atoms with van der Waals surface area (Å²) in [5.41, 5.74) is -0.0279. The van der Waals surface area contributed by atoms with Crippen LogP contribution in [0.2, 0.25) is 0 Å². The van der Waals surface area contributed by atoms with Crippen molar-refractivity contribution in [2.75, 3.05) is 20.3 Å². The number of ketones is 1. The van der Waals surface area contributed by atoms with E-state index in [0.29, 0.717) is 26.1 Å². The number of likely N-dealkylation sites (N-methyl/N-ethyl adjacent to an activating group) is 1. The number of hydrogen-bond donors (Lipinski definition) is 0. The van der Waals surface area contributed by atoms with Crippen LogP contribution in [0, 0.1) is 23.1 Å². The van der Waals surface area contributed by atoms with Gasteiger partial charge in [0, 0.05) is 18.0 Å². The number of piperidine rings is 1. The van der Waals surface area contributed by atoms with Gasteiger partial charge in [-0.25, -0.2) is 4.39 Å². The van der Waals surface area contributed by atoms with Crippen molar-refractivity contribution in [2.24, 2.45) is 5.92 Å². The molecule has 2 saturated heterocycles. The minimum atomic E-state index is -0.690. The molecule has 4 nitrogen and oxygen atoms in total. The molecule has 0 N–H and O–H groups in total. The van der Waals surface area contributed by atoms with E-state index < -0.39 is 5.82 Å². The molecule has 110 valence electrons. The van der Waals surface area contributed by atoms with Crippen LogP contribution >= 0.6 is 0 Å². The Labute approximate surface area is 123 Å². The summed E-state index contributed by atoms with van der Waals surface area (Å²) in [7, 11) is 2.05. The van der Waals surface area contributed by atoms with E-state index in [1.807, 2.05) is 0 Å². The highest BCUT2D eigenvalue weighted by atomic mass is 19.1. The summed E-state index contributed by atoms with van der Waals surface area (Å²) in [4.78, 5) is 14.9. The first kappa shape index (κ1) is 14.2. The molecule has 0 radical (unpaired) electrons. The minimum absolute atomic E-state index is 0.0441. The molecule has 0 amide bonds. The lowest BCUT2D eigenvalue weighted by molar-refractivity contribution is -0.0702. The van der Waals surface area contributed by atoms with Crippen LogP contribution in [0.5, 0.6) is 0 Å². The molecule has 0 saturated carbocycles. The van der Waals surface area contributed by atoms with Crippen molar-refractivity contribution in [3.05, 3.63) is 35.1 Å². The Bertz CT molecular complexity index is 597. The topological polar surface area (TPSA) is 53.3 Å². The minimum Gasteiger partial charge on any atom is -0.378 e. The second-order valence-electron chi connectivity index (χ2n) is 5.82. The summed E-state index contributed by atoms with van der Waals surface area (Å²) in [5.74, 6) is -1.07. The van der Waals surface area contributed by atoms with Crippen molar-refractivity contribution in [3.63, 3.8) is 0 Å². The molecule has 3 rings (SSSR count). The summed E-state index contributed by atoms with van der Waals surface area (Å²) >= 11 is 0. The number of morpholine rings is 1. The number of nitriles is 1. The molecular weight excluding hydrogens is 271 g/mol. The number of ether oxygens (including phenoxy) is 1. The highest BCUT2D eigenvalue weighted by Gasteiger charge is 2.40. The molecular formula is C16H17FN2O2. The number of hydrogen-bond acceptors (Lipinski definition) is 4. The van der Waals surface area contributed by atoms with Gasteiger partial charge in [0.05, 0.1) is 24.3 Å². The molecule has 2 fully saturated rings. The summed E-state index contributed by atoms with van der Waals surface area (Å²) in [6.45, 7) is 1.25. The van der Waals surface area contributed by atoms with Crippen molar-refractivity contribution < 1.29 is 13.9 Å². The zero-order valence-corrected chi connectivity index (χ0v) is 11.9. The highest BCUT2D eigenvalue weighted by Crippen LogP contribution is 2.33. The first-order chi connectivity index (χ1) is 10.1. The fourth-order valence-corrected chi connectivity index (χ4v) is 3.34. The summed E-state index contributed by atoms with van der Waals surface area (Å²) in [6, 6.07) is 6.65. The van der Waals surface area contributed by atoms with Crippen LogP contribution in [0.1, 0.15) is 28.8 Å². The molecule has 2 bridgehead atoms. The van der Waals surface area contributed by atoms with E-state index >= 15 is 0 Å². The number of rotatable bonds is 2. The Hall–Kier alpha value is -1.77. The largest absolute Gasteiger partial charge is 0.378 e. The van der Waals surface area contributed by atoms with Crippen LogP contribution in [-0.4, -0.2) is 43.0 Å². The average Bonchev–Trinajstić information content (AvgIpc) is 2.46. The number of nitrogens with zero attached hydrogens (tertiary/aromatic N) is 2. The summed E-state index contributed by atoms with van der Waals surface area (Å²) in [6.07, 6.45) is 1.37. The fraction of sp³-hybridized carbons (Fsp3) is 0.500. The van der Waals surface area contributed by atoms with Gasteiger partial charge in [-0.05, 0) is 32.0 Å². The standard InChI is InChI=1S/C16H17FN2O2/c1-19-12-5-11(6-13(19)9-21-8-12)16(20)14-4-2-3-10(7-18)15(14)17/h2-4,11-13H,5-6,8-9H2,1H3. The maximum absolute atomic E-state index is 14.2. The second-order valence-corrected chi connectivity index (χ2v) is 5.82. The van der Waals surface area contributed by atoms with Gasteiger partial charge in [0.1, 0.15) is 6.07 Å². The lowest BCUT2D eigenvalue weighted by atomic mass is 9.80. The number of carbonyl (C=O) groups is 1. The van der Waals surface area contributed by atoms with Gasteiger partial charge in [-0.15, -0.1) is 0 Å².